The SMILES string of the molecule is C/C(=C\C=C(/C)n1c2ccccc2c2ccccc21)c1ccc(C)cc1. The molecule has 1 heterocycles. The van der Waals surface area contributed by atoms with Crippen molar-refractivity contribution in [1.29, 1.82) is 0 Å². The van der Waals surface area contributed by atoms with Crippen LogP contribution >= 0.6 is 0 Å². The Morgan fingerprint density at radius 3 is 1.81 bits per heavy atom. The van der Waals surface area contributed by atoms with Gasteiger partial charge >= 0.3 is 0 Å². The van der Waals surface area contributed by atoms with E-state index < -0.39 is 0 Å². The molecular weight excluding hydrogens is 314 g/mol. The molecule has 4 rings (SSSR count). The maximum Gasteiger partial charge on any atom is 0.0537 e. The Balaban J connectivity index is 1.82. The van der Waals surface area contributed by atoms with Gasteiger partial charge in [0.2, 0.25) is 0 Å². The third kappa shape index (κ3) is 2.86. The Hall–Kier alpha value is -3.06. The summed E-state index contributed by atoms with van der Waals surface area (Å²) in [6.07, 6.45) is 4.43. The van der Waals surface area contributed by atoms with Gasteiger partial charge in [0.05, 0.1) is 11.0 Å². The van der Waals surface area contributed by atoms with Gasteiger partial charge in [0.25, 0.3) is 0 Å². The van der Waals surface area contributed by atoms with E-state index in [4.69, 9.17) is 0 Å². The molecule has 0 fully saturated rings. The van der Waals surface area contributed by atoms with E-state index in [1.807, 2.05) is 0 Å². The third-order valence-electron chi connectivity index (χ3n) is 5.01. The maximum atomic E-state index is 2.35. The second kappa shape index (κ2) is 6.68. The molecule has 0 saturated carbocycles. The Labute approximate surface area is 154 Å². The summed E-state index contributed by atoms with van der Waals surface area (Å²) in [6.45, 7) is 6.47. The predicted molar refractivity (Wildman–Crippen MR) is 114 cm³/mol. The highest BCUT2D eigenvalue weighted by molar-refractivity contribution is 6.09. The molecule has 0 radical (unpaired) electrons. The first kappa shape index (κ1) is 16.4. The van der Waals surface area contributed by atoms with Crippen LogP contribution in [0, 0.1) is 6.92 Å². The van der Waals surface area contributed by atoms with Crippen LogP contribution in [0.3, 0.4) is 0 Å². The number of benzene rings is 3. The van der Waals surface area contributed by atoms with Gasteiger partial charge < -0.3 is 4.57 Å². The van der Waals surface area contributed by atoms with Crippen LogP contribution in [0.15, 0.2) is 84.9 Å². The predicted octanol–water partition coefficient (Wildman–Crippen LogP) is 7.07. The van der Waals surface area contributed by atoms with Crippen molar-refractivity contribution in [2.45, 2.75) is 20.8 Å². The smallest absolute Gasteiger partial charge is 0.0537 e. The summed E-state index contributed by atoms with van der Waals surface area (Å²) in [7, 11) is 0. The summed E-state index contributed by atoms with van der Waals surface area (Å²) in [5.74, 6) is 0. The Kier molecular flexibility index (Phi) is 4.22. The molecular formula is C25H23N. The molecule has 4 aromatic rings. The van der Waals surface area contributed by atoms with E-state index >= 15 is 0 Å². The van der Waals surface area contributed by atoms with Gasteiger partial charge in [-0.2, -0.15) is 0 Å². The van der Waals surface area contributed by atoms with Crippen molar-refractivity contribution in [3.05, 3.63) is 96.1 Å². The van der Waals surface area contributed by atoms with Crippen LogP contribution in [0.1, 0.15) is 25.0 Å². The van der Waals surface area contributed by atoms with Gasteiger partial charge in [-0.3, -0.25) is 0 Å². The number of rotatable bonds is 3. The standard InChI is InChI=1S/C25H23N/c1-18-12-16-21(17-13-18)19(2)14-15-20(3)26-24-10-6-4-8-22(24)23-9-5-7-11-25(23)26/h4-17H,1-3H3/b19-14+,20-15+. The number of hydrogen-bond donors (Lipinski definition) is 0. The fourth-order valence-corrected chi connectivity index (χ4v) is 3.54. The summed E-state index contributed by atoms with van der Waals surface area (Å²) in [4.78, 5) is 0. The average Bonchev–Trinajstić information content (AvgIpc) is 3.01. The van der Waals surface area contributed by atoms with Crippen molar-refractivity contribution < 1.29 is 0 Å². The first-order valence-corrected chi connectivity index (χ1v) is 9.06. The molecule has 128 valence electrons. The van der Waals surface area contributed by atoms with Crippen LogP contribution in [0.4, 0.5) is 0 Å². The van der Waals surface area contributed by atoms with Crippen LogP contribution in [-0.4, -0.2) is 4.57 Å². The third-order valence-corrected chi connectivity index (χ3v) is 5.01. The van der Waals surface area contributed by atoms with E-state index in [0.29, 0.717) is 0 Å². The Bertz CT molecular complexity index is 1080. The molecule has 0 aliphatic carbocycles. The fraction of sp³-hybridized carbons (Fsp3) is 0.120. The zero-order chi connectivity index (χ0) is 18.1. The monoisotopic (exact) mass is 337 g/mol. The highest BCUT2D eigenvalue weighted by atomic mass is 15.0. The second-order valence-electron chi connectivity index (χ2n) is 6.89. The minimum atomic E-state index is 1.22. The largest absolute Gasteiger partial charge is 0.313 e. The number of hydrogen-bond acceptors (Lipinski definition) is 0. The number of fused-ring (bicyclic) bond motifs is 3. The Morgan fingerprint density at radius 1 is 0.692 bits per heavy atom. The van der Waals surface area contributed by atoms with Gasteiger partial charge in [0.1, 0.15) is 0 Å². The lowest BCUT2D eigenvalue weighted by Gasteiger charge is -2.08. The molecule has 3 aromatic carbocycles. The van der Waals surface area contributed by atoms with Crippen LogP contribution in [0.5, 0.6) is 0 Å². The van der Waals surface area contributed by atoms with E-state index in [1.165, 1.54) is 44.2 Å². The van der Waals surface area contributed by atoms with Crippen molar-refractivity contribution in [3.8, 4) is 0 Å². The number of para-hydroxylation sites is 2. The highest BCUT2D eigenvalue weighted by Crippen LogP contribution is 2.31. The second-order valence-corrected chi connectivity index (χ2v) is 6.89. The summed E-state index contributed by atoms with van der Waals surface area (Å²) in [5, 5.41) is 2.60. The van der Waals surface area contributed by atoms with Gasteiger partial charge in [0.15, 0.2) is 0 Å². The number of aryl methyl sites for hydroxylation is 1. The summed E-state index contributed by atoms with van der Waals surface area (Å²) in [5.41, 5.74) is 7.55. The first-order chi connectivity index (χ1) is 12.6. The lowest BCUT2D eigenvalue weighted by molar-refractivity contribution is 1.20. The number of nitrogens with zero attached hydrogens (tertiary/aromatic N) is 1. The minimum Gasteiger partial charge on any atom is -0.313 e. The van der Waals surface area contributed by atoms with Gasteiger partial charge in [0, 0.05) is 16.5 Å². The van der Waals surface area contributed by atoms with E-state index in [0.717, 1.165) is 0 Å². The van der Waals surface area contributed by atoms with Gasteiger partial charge in [-0.1, -0.05) is 72.3 Å². The molecule has 1 heteroatoms. The van der Waals surface area contributed by atoms with Crippen LogP contribution in [0.2, 0.25) is 0 Å². The molecule has 0 aliphatic heterocycles. The molecule has 0 bridgehead atoms. The van der Waals surface area contributed by atoms with Crippen LogP contribution < -0.4 is 0 Å². The zero-order valence-electron chi connectivity index (χ0n) is 15.5. The maximum absolute atomic E-state index is 2.35. The first-order valence-electron chi connectivity index (χ1n) is 9.06. The number of allylic oxidation sites excluding steroid dienone is 4. The van der Waals surface area contributed by atoms with Gasteiger partial charge in [-0.25, -0.2) is 0 Å². The van der Waals surface area contributed by atoms with Crippen LogP contribution in [0.25, 0.3) is 33.1 Å². The molecule has 0 N–H and O–H groups in total. The van der Waals surface area contributed by atoms with Crippen molar-refractivity contribution in [2.75, 3.05) is 0 Å². The summed E-state index contributed by atoms with van der Waals surface area (Å²) in [6, 6.07) is 25.9. The van der Waals surface area contributed by atoms with Crippen molar-refractivity contribution in [3.63, 3.8) is 0 Å². The van der Waals surface area contributed by atoms with E-state index in [9.17, 15) is 0 Å². The normalized spacial score (nSPS) is 12.9. The zero-order valence-corrected chi connectivity index (χ0v) is 15.5. The van der Waals surface area contributed by atoms with E-state index in [1.54, 1.807) is 0 Å². The lowest BCUT2D eigenvalue weighted by atomic mass is 10.1. The molecule has 1 nitrogen and oxygen atoms in total. The molecule has 0 unspecified atom stereocenters. The van der Waals surface area contributed by atoms with Crippen LogP contribution in [-0.2, 0) is 0 Å². The lowest BCUT2D eigenvalue weighted by Crippen LogP contribution is -1.92. The average molecular weight is 337 g/mol. The topological polar surface area (TPSA) is 4.93 Å². The molecule has 1 aromatic heterocycles. The molecule has 0 spiro atoms. The molecule has 0 saturated heterocycles. The quantitative estimate of drug-likeness (QED) is 0.352. The highest BCUT2D eigenvalue weighted by Gasteiger charge is 2.10. The van der Waals surface area contributed by atoms with E-state index in [2.05, 4.69) is 110 Å². The van der Waals surface area contributed by atoms with Crippen molar-refractivity contribution in [1.82, 2.24) is 4.57 Å². The summed E-state index contributed by atoms with van der Waals surface area (Å²) >= 11 is 0. The minimum absolute atomic E-state index is 1.22. The number of aromatic nitrogens is 1. The molecule has 0 atom stereocenters. The van der Waals surface area contributed by atoms with Crippen molar-refractivity contribution >= 4 is 33.1 Å². The molecule has 26 heavy (non-hydrogen) atoms. The summed E-state index contributed by atoms with van der Waals surface area (Å²) < 4.78 is 2.35. The fourth-order valence-electron chi connectivity index (χ4n) is 3.54. The van der Waals surface area contributed by atoms with Gasteiger partial charge in [-0.15, -0.1) is 0 Å². The van der Waals surface area contributed by atoms with Gasteiger partial charge in [-0.05, 0) is 50.1 Å². The molecule has 0 aliphatic rings. The van der Waals surface area contributed by atoms with Crippen molar-refractivity contribution in [2.24, 2.45) is 0 Å². The Morgan fingerprint density at radius 2 is 1.23 bits per heavy atom. The van der Waals surface area contributed by atoms with E-state index in [-0.39, 0.29) is 0 Å². The molecule has 0 amide bonds.